The van der Waals surface area contributed by atoms with Crippen molar-refractivity contribution < 1.29 is 5.21 Å². The van der Waals surface area contributed by atoms with Crippen LogP contribution < -0.4 is 10.6 Å². The fraction of sp³-hybridized carbons (Fsp3) is 0.500. The van der Waals surface area contributed by atoms with Gasteiger partial charge in [-0.2, -0.15) is 0 Å². The molecule has 0 amide bonds. The monoisotopic (exact) mass is 247 g/mol. The SMILES string of the molecule is CCN(CC1CC1)c1cc(C)ccc1C(N)=NO. The van der Waals surface area contributed by atoms with Crippen LogP contribution in [0.15, 0.2) is 23.4 Å². The third kappa shape index (κ3) is 2.75. The van der Waals surface area contributed by atoms with Crippen molar-refractivity contribution in [3.63, 3.8) is 0 Å². The number of oxime groups is 1. The summed E-state index contributed by atoms with van der Waals surface area (Å²) in [5.74, 6) is 0.991. The van der Waals surface area contributed by atoms with Crippen molar-refractivity contribution in [3.8, 4) is 0 Å². The van der Waals surface area contributed by atoms with E-state index in [1.807, 2.05) is 12.1 Å². The summed E-state index contributed by atoms with van der Waals surface area (Å²) in [6.07, 6.45) is 2.64. The van der Waals surface area contributed by atoms with Gasteiger partial charge in [0.05, 0.1) is 0 Å². The maximum absolute atomic E-state index is 8.88. The summed E-state index contributed by atoms with van der Waals surface area (Å²) in [5, 5.41) is 12.0. The van der Waals surface area contributed by atoms with Gasteiger partial charge in [-0.15, -0.1) is 0 Å². The fourth-order valence-corrected chi connectivity index (χ4v) is 2.18. The maximum Gasteiger partial charge on any atom is 0.172 e. The summed E-state index contributed by atoms with van der Waals surface area (Å²) >= 11 is 0. The topological polar surface area (TPSA) is 61.8 Å². The van der Waals surface area contributed by atoms with Crippen molar-refractivity contribution in [2.24, 2.45) is 16.8 Å². The second-order valence-corrected chi connectivity index (χ2v) is 4.99. The molecule has 0 unspecified atom stereocenters. The van der Waals surface area contributed by atoms with Crippen LogP contribution in [0.3, 0.4) is 0 Å². The molecule has 0 saturated heterocycles. The van der Waals surface area contributed by atoms with Gasteiger partial charge in [0, 0.05) is 24.3 Å². The maximum atomic E-state index is 8.88. The van der Waals surface area contributed by atoms with Crippen LogP contribution >= 0.6 is 0 Å². The molecule has 0 aliphatic heterocycles. The number of nitrogens with two attached hydrogens (primary N) is 1. The highest BCUT2D eigenvalue weighted by Crippen LogP contribution is 2.32. The lowest BCUT2D eigenvalue weighted by Crippen LogP contribution is -2.28. The van der Waals surface area contributed by atoms with Crippen molar-refractivity contribution in [2.75, 3.05) is 18.0 Å². The highest BCUT2D eigenvalue weighted by molar-refractivity contribution is 6.02. The Labute approximate surface area is 108 Å². The van der Waals surface area contributed by atoms with Gasteiger partial charge in [0.2, 0.25) is 0 Å². The first-order valence-electron chi connectivity index (χ1n) is 6.49. The van der Waals surface area contributed by atoms with Gasteiger partial charge in [-0.25, -0.2) is 0 Å². The van der Waals surface area contributed by atoms with E-state index in [4.69, 9.17) is 10.9 Å². The van der Waals surface area contributed by atoms with Crippen molar-refractivity contribution in [1.29, 1.82) is 0 Å². The highest BCUT2D eigenvalue weighted by atomic mass is 16.4. The third-order valence-electron chi connectivity index (χ3n) is 3.43. The molecular formula is C14H21N3O. The van der Waals surface area contributed by atoms with Crippen LogP contribution in [0, 0.1) is 12.8 Å². The number of nitrogens with zero attached hydrogens (tertiary/aromatic N) is 2. The quantitative estimate of drug-likeness (QED) is 0.363. The first-order valence-corrected chi connectivity index (χ1v) is 6.49. The highest BCUT2D eigenvalue weighted by Gasteiger charge is 2.25. The second kappa shape index (κ2) is 5.29. The van der Waals surface area contributed by atoms with E-state index in [1.165, 1.54) is 18.4 Å². The smallest absolute Gasteiger partial charge is 0.172 e. The molecule has 1 aliphatic rings. The average Bonchev–Trinajstić information content (AvgIpc) is 3.19. The molecule has 98 valence electrons. The molecule has 0 aromatic heterocycles. The second-order valence-electron chi connectivity index (χ2n) is 4.99. The van der Waals surface area contributed by atoms with Crippen LogP contribution in [-0.2, 0) is 0 Å². The van der Waals surface area contributed by atoms with Gasteiger partial charge in [-0.1, -0.05) is 11.2 Å². The number of rotatable bonds is 5. The van der Waals surface area contributed by atoms with Gasteiger partial charge < -0.3 is 15.8 Å². The minimum atomic E-state index is 0.180. The largest absolute Gasteiger partial charge is 0.409 e. The number of anilines is 1. The molecule has 1 aromatic rings. The van der Waals surface area contributed by atoms with E-state index >= 15 is 0 Å². The lowest BCUT2D eigenvalue weighted by molar-refractivity contribution is 0.318. The molecule has 0 radical (unpaired) electrons. The Morgan fingerprint density at radius 3 is 2.78 bits per heavy atom. The van der Waals surface area contributed by atoms with E-state index in [2.05, 4.69) is 30.0 Å². The van der Waals surface area contributed by atoms with Gasteiger partial charge in [-0.05, 0) is 50.3 Å². The Kier molecular flexibility index (Phi) is 3.75. The van der Waals surface area contributed by atoms with Gasteiger partial charge in [-0.3, -0.25) is 0 Å². The van der Waals surface area contributed by atoms with E-state index < -0.39 is 0 Å². The van der Waals surface area contributed by atoms with E-state index in [0.29, 0.717) is 0 Å². The van der Waals surface area contributed by atoms with E-state index in [-0.39, 0.29) is 5.84 Å². The number of benzene rings is 1. The van der Waals surface area contributed by atoms with E-state index in [0.717, 1.165) is 30.3 Å². The third-order valence-corrected chi connectivity index (χ3v) is 3.43. The Morgan fingerprint density at radius 2 is 2.22 bits per heavy atom. The summed E-state index contributed by atoms with van der Waals surface area (Å²) < 4.78 is 0. The Bertz CT molecular complexity index is 452. The molecule has 3 N–H and O–H groups in total. The molecule has 0 bridgehead atoms. The summed E-state index contributed by atoms with van der Waals surface area (Å²) in [6.45, 7) is 6.20. The molecule has 1 aliphatic carbocycles. The number of amidine groups is 1. The minimum absolute atomic E-state index is 0.180. The van der Waals surface area contributed by atoms with Crippen molar-refractivity contribution in [1.82, 2.24) is 0 Å². The van der Waals surface area contributed by atoms with Crippen molar-refractivity contribution in [2.45, 2.75) is 26.7 Å². The zero-order valence-corrected chi connectivity index (χ0v) is 11.1. The van der Waals surface area contributed by atoms with Crippen molar-refractivity contribution >= 4 is 11.5 Å². The summed E-state index contributed by atoms with van der Waals surface area (Å²) in [6, 6.07) is 6.02. The first-order chi connectivity index (χ1) is 8.65. The number of aryl methyl sites for hydroxylation is 1. The predicted molar refractivity (Wildman–Crippen MR) is 74.3 cm³/mol. The van der Waals surface area contributed by atoms with Crippen LogP contribution in [0.25, 0.3) is 0 Å². The normalized spacial score (nSPS) is 15.8. The van der Waals surface area contributed by atoms with Crippen molar-refractivity contribution in [3.05, 3.63) is 29.3 Å². The standard InChI is InChI=1S/C14H21N3O/c1-3-17(9-11-5-6-11)13-8-10(2)4-7-12(13)14(15)16-18/h4,7-8,11,18H,3,5-6,9H2,1-2H3,(H2,15,16). The van der Waals surface area contributed by atoms with E-state index in [9.17, 15) is 0 Å². The first kappa shape index (κ1) is 12.7. The molecule has 1 saturated carbocycles. The molecule has 1 fully saturated rings. The zero-order valence-electron chi connectivity index (χ0n) is 11.1. The van der Waals surface area contributed by atoms with Crippen LogP contribution in [0.5, 0.6) is 0 Å². The Morgan fingerprint density at radius 1 is 1.50 bits per heavy atom. The van der Waals surface area contributed by atoms with Gasteiger partial charge in [0.15, 0.2) is 5.84 Å². The average molecular weight is 247 g/mol. The van der Waals surface area contributed by atoms with Crippen LogP contribution in [0.4, 0.5) is 5.69 Å². The minimum Gasteiger partial charge on any atom is -0.409 e. The van der Waals surface area contributed by atoms with E-state index in [1.54, 1.807) is 0 Å². The summed E-state index contributed by atoms with van der Waals surface area (Å²) in [5.41, 5.74) is 8.83. The van der Waals surface area contributed by atoms with Crippen LogP contribution in [0.2, 0.25) is 0 Å². The Hall–Kier alpha value is -1.71. The number of hydrogen-bond donors (Lipinski definition) is 2. The molecule has 18 heavy (non-hydrogen) atoms. The summed E-state index contributed by atoms with van der Waals surface area (Å²) in [4.78, 5) is 2.32. The lowest BCUT2D eigenvalue weighted by atomic mass is 10.1. The van der Waals surface area contributed by atoms with Gasteiger partial charge >= 0.3 is 0 Å². The molecule has 0 heterocycles. The molecule has 4 heteroatoms. The molecule has 2 rings (SSSR count). The molecule has 1 aromatic carbocycles. The molecule has 4 nitrogen and oxygen atoms in total. The van der Waals surface area contributed by atoms with Crippen LogP contribution in [-0.4, -0.2) is 24.1 Å². The van der Waals surface area contributed by atoms with Crippen LogP contribution in [0.1, 0.15) is 30.9 Å². The Balaban J connectivity index is 2.35. The van der Waals surface area contributed by atoms with Gasteiger partial charge in [0.1, 0.15) is 0 Å². The lowest BCUT2D eigenvalue weighted by Gasteiger charge is -2.26. The molecule has 0 atom stereocenters. The fourth-order valence-electron chi connectivity index (χ4n) is 2.18. The zero-order chi connectivity index (χ0) is 13.1. The predicted octanol–water partition coefficient (Wildman–Crippen LogP) is 2.33. The summed E-state index contributed by atoms with van der Waals surface area (Å²) in [7, 11) is 0. The molecule has 0 spiro atoms. The number of hydrogen-bond acceptors (Lipinski definition) is 3. The van der Waals surface area contributed by atoms with Gasteiger partial charge in [0.25, 0.3) is 0 Å². The molecular weight excluding hydrogens is 226 g/mol.